The predicted molar refractivity (Wildman–Crippen MR) is 56.4 cm³/mol. The fourth-order valence-electron chi connectivity index (χ4n) is 1.21. The second-order valence-corrected chi connectivity index (χ2v) is 5.22. The van der Waals surface area contributed by atoms with Gasteiger partial charge in [-0.25, -0.2) is 0 Å². The van der Waals surface area contributed by atoms with Crippen LogP contribution in [0.4, 0.5) is 13.2 Å². The van der Waals surface area contributed by atoms with Crippen LogP contribution in [0.1, 0.15) is 14.6 Å². The summed E-state index contributed by atoms with van der Waals surface area (Å²) in [6.45, 7) is 0. The minimum Gasteiger partial charge on any atom is -0.165 e. The molecule has 2 aromatic heterocycles. The Morgan fingerprint density at radius 3 is 2.40 bits per heavy atom. The molecule has 2 heterocycles. The van der Waals surface area contributed by atoms with Crippen molar-refractivity contribution in [2.75, 3.05) is 0 Å². The molecule has 0 aliphatic heterocycles. The lowest BCUT2D eigenvalue weighted by Gasteiger charge is -2.00. The lowest BCUT2D eigenvalue weighted by molar-refractivity contribution is -0.134. The lowest BCUT2D eigenvalue weighted by atomic mass is 10.3. The number of hydrogen-bond donors (Lipinski definition) is 0. The first-order valence-electron chi connectivity index (χ1n) is 4.24. The maximum absolute atomic E-state index is 12.3. The molecule has 0 amide bonds. The van der Waals surface area contributed by atoms with Crippen LogP contribution in [0.5, 0.6) is 0 Å². The first kappa shape index (κ1) is 10.7. The van der Waals surface area contributed by atoms with Crippen LogP contribution in [0.3, 0.4) is 0 Å². The summed E-state index contributed by atoms with van der Waals surface area (Å²) >= 11 is 2.38. The fraction of sp³-hybridized carbons (Fsp3) is 0.200. The highest BCUT2D eigenvalue weighted by atomic mass is 32.1. The first-order chi connectivity index (χ1) is 7.05. The van der Waals surface area contributed by atoms with Crippen LogP contribution in [0.15, 0.2) is 29.6 Å². The molecule has 0 aromatic carbocycles. The quantitative estimate of drug-likeness (QED) is 0.738. The zero-order valence-electron chi connectivity index (χ0n) is 7.54. The summed E-state index contributed by atoms with van der Waals surface area (Å²) in [5.74, 6) is 0. The van der Waals surface area contributed by atoms with Crippen molar-refractivity contribution in [3.8, 4) is 0 Å². The molecule has 2 rings (SSSR count). The molecule has 0 saturated heterocycles. The minimum absolute atomic E-state index is 0.519. The highest BCUT2D eigenvalue weighted by Gasteiger charge is 2.32. The van der Waals surface area contributed by atoms with E-state index in [0.717, 1.165) is 27.2 Å². The van der Waals surface area contributed by atoms with Crippen molar-refractivity contribution in [2.45, 2.75) is 12.6 Å². The highest BCUT2D eigenvalue weighted by molar-refractivity contribution is 7.12. The number of thiophene rings is 2. The van der Waals surface area contributed by atoms with Crippen molar-refractivity contribution in [1.82, 2.24) is 0 Å². The minimum atomic E-state index is -4.21. The van der Waals surface area contributed by atoms with Gasteiger partial charge in [0.1, 0.15) is 4.88 Å². The predicted octanol–water partition coefficient (Wildman–Crippen LogP) is 4.42. The molecule has 80 valence electrons. The third-order valence-electron chi connectivity index (χ3n) is 1.87. The molecule has 0 aliphatic carbocycles. The van der Waals surface area contributed by atoms with Crippen molar-refractivity contribution in [1.29, 1.82) is 0 Å². The van der Waals surface area contributed by atoms with E-state index in [1.165, 1.54) is 0 Å². The van der Waals surface area contributed by atoms with Gasteiger partial charge in [0.05, 0.1) is 0 Å². The molecule has 0 radical (unpaired) electrons. The normalized spacial score (nSPS) is 11.9. The van der Waals surface area contributed by atoms with Gasteiger partial charge in [0, 0.05) is 16.2 Å². The van der Waals surface area contributed by atoms with Crippen molar-refractivity contribution in [3.63, 3.8) is 0 Å². The molecule has 0 fully saturated rings. The molecule has 0 aliphatic rings. The summed E-state index contributed by atoms with van der Waals surface area (Å²) < 4.78 is 36.9. The van der Waals surface area contributed by atoms with Crippen molar-refractivity contribution in [3.05, 3.63) is 44.3 Å². The van der Waals surface area contributed by atoms with Gasteiger partial charge in [0.2, 0.25) is 0 Å². The summed E-state index contributed by atoms with van der Waals surface area (Å²) in [5, 5.41) is 1.92. The number of halogens is 3. The van der Waals surface area contributed by atoms with Gasteiger partial charge in [-0.3, -0.25) is 0 Å². The van der Waals surface area contributed by atoms with Crippen LogP contribution in [0.25, 0.3) is 0 Å². The van der Waals surface area contributed by atoms with Gasteiger partial charge >= 0.3 is 6.18 Å². The Bertz CT molecular complexity index is 426. The van der Waals surface area contributed by atoms with Gasteiger partial charge in [-0.05, 0) is 23.6 Å². The summed E-state index contributed by atoms with van der Waals surface area (Å²) in [6, 6.07) is 6.52. The highest BCUT2D eigenvalue weighted by Crippen LogP contribution is 2.35. The van der Waals surface area contributed by atoms with E-state index in [2.05, 4.69) is 0 Å². The summed E-state index contributed by atoms with van der Waals surface area (Å²) in [7, 11) is 0. The van der Waals surface area contributed by atoms with Crippen LogP contribution in [0.2, 0.25) is 0 Å². The van der Waals surface area contributed by atoms with E-state index in [1.54, 1.807) is 17.4 Å². The second-order valence-electron chi connectivity index (χ2n) is 3.02. The molecule has 0 nitrogen and oxygen atoms in total. The average molecular weight is 248 g/mol. The maximum Gasteiger partial charge on any atom is 0.425 e. The molecular weight excluding hydrogens is 241 g/mol. The largest absolute Gasteiger partial charge is 0.425 e. The van der Waals surface area contributed by atoms with Gasteiger partial charge in [0.15, 0.2) is 0 Å². The van der Waals surface area contributed by atoms with Crippen LogP contribution in [-0.2, 0) is 12.6 Å². The van der Waals surface area contributed by atoms with Crippen molar-refractivity contribution < 1.29 is 13.2 Å². The van der Waals surface area contributed by atoms with Gasteiger partial charge in [-0.2, -0.15) is 13.2 Å². The van der Waals surface area contributed by atoms with Gasteiger partial charge < -0.3 is 0 Å². The Balaban J connectivity index is 2.15. The molecule has 0 saturated carbocycles. The molecule has 0 atom stereocenters. The molecule has 5 heteroatoms. The van der Waals surface area contributed by atoms with E-state index in [9.17, 15) is 13.2 Å². The summed E-state index contributed by atoms with van der Waals surface area (Å²) in [6.07, 6.45) is -3.61. The zero-order valence-corrected chi connectivity index (χ0v) is 9.18. The van der Waals surface area contributed by atoms with Crippen LogP contribution in [-0.4, -0.2) is 0 Å². The van der Waals surface area contributed by atoms with E-state index in [4.69, 9.17) is 0 Å². The van der Waals surface area contributed by atoms with Gasteiger partial charge in [0.25, 0.3) is 0 Å². The van der Waals surface area contributed by atoms with Crippen molar-refractivity contribution in [2.24, 2.45) is 0 Å². The standard InChI is InChI=1S/C10H7F3S2/c11-10(12,13)9-4-3-8(15-9)6-7-2-1-5-14-7/h1-5H,6H2. The van der Waals surface area contributed by atoms with Gasteiger partial charge in [-0.15, -0.1) is 22.7 Å². The number of rotatable bonds is 2. The van der Waals surface area contributed by atoms with E-state index >= 15 is 0 Å². The Kier molecular flexibility index (Phi) is 2.84. The van der Waals surface area contributed by atoms with E-state index in [0.29, 0.717) is 6.42 Å². The number of hydrogen-bond acceptors (Lipinski definition) is 2. The van der Waals surface area contributed by atoms with Crippen LogP contribution < -0.4 is 0 Å². The van der Waals surface area contributed by atoms with Gasteiger partial charge in [-0.1, -0.05) is 6.07 Å². The third kappa shape index (κ3) is 2.60. The zero-order chi connectivity index (χ0) is 10.9. The maximum atomic E-state index is 12.3. The first-order valence-corrected chi connectivity index (χ1v) is 5.93. The lowest BCUT2D eigenvalue weighted by Crippen LogP contribution is -2.00. The molecule has 0 bridgehead atoms. The van der Waals surface area contributed by atoms with E-state index in [-0.39, 0.29) is 0 Å². The molecule has 0 spiro atoms. The number of alkyl halides is 3. The van der Waals surface area contributed by atoms with Crippen LogP contribution in [0, 0.1) is 0 Å². The summed E-state index contributed by atoms with van der Waals surface area (Å²) in [5.41, 5.74) is 0. The summed E-state index contributed by atoms with van der Waals surface area (Å²) in [4.78, 5) is 1.32. The molecule has 0 N–H and O–H groups in total. The smallest absolute Gasteiger partial charge is 0.165 e. The Morgan fingerprint density at radius 2 is 1.87 bits per heavy atom. The monoisotopic (exact) mass is 248 g/mol. The average Bonchev–Trinajstić information content (AvgIpc) is 2.73. The Labute approximate surface area is 93.0 Å². The SMILES string of the molecule is FC(F)(F)c1ccc(Cc2cccs2)s1. The molecular formula is C10H7F3S2. The second kappa shape index (κ2) is 3.98. The topological polar surface area (TPSA) is 0 Å². The Hall–Kier alpha value is -0.810. The van der Waals surface area contributed by atoms with E-state index in [1.807, 2.05) is 17.5 Å². The Morgan fingerprint density at radius 1 is 1.07 bits per heavy atom. The van der Waals surface area contributed by atoms with Crippen LogP contribution >= 0.6 is 22.7 Å². The van der Waals surface area contributed by atoms with E-state index < -0.39 is 11.1 Å². The molecule has 0 unspecified atom stereocenters. The fourth-order valence-corrected chi connectivity index (χ4v) is 2.93. The molecule has 15 heavy (non-hydrogen) atoms. The van der Waals surface area contributed by atoms with Crippen molar-refractivity contribution >= 4 is 22.7 Å². The third-order valence-corrected chi connectivity index (χ3v) is 3.88. The molecule has 2 aromatic rings.